The van der Waals surface area contributed by atoms with E-state index in [0.29, 0.717) is 26.2 Å². The van der Waals surface area contributed by atoms with Gasteiger partial charge in [-0.25, -0.2) is 0 Å². The van der Waals surface area contributed by atoms with Crippen LogP contribution in [0.1, 0.15) is 194 Å². The highest BCUT2D eigenvalue weighted by Crippen LogP contribution is 2.12. The summed E-state index contributed by atoms with van der Waals surface area (Å²) in [4.78, 5) is 4.88. The van der Waals surface area contributed by atoms with Crippen molar-refractivity contribution in [2.24, 2.45) is 11.5 Å². The summed E-state index contributed by atoms with van der Waals surface area (Å²) in [5.74, 6) is 0. The zero-order valence-corrected chi connectivity index (χ0v) is 36.2. The molecule has 318 valence electrons. The van der Waals surface area contributed by atoms with Gasteiger partial charge in [0, 0.05) is 26.2 Å². The lowest BCUT2D eigenvalue weighted by Gasteiger charge is -2.25. The maximum Gasteiger partial charge on any atom is 0.0789 e. The molecule has 0 aromatic heterocycles. The van der Waals surface area contributed by atoms with E-state index in [1.807, 2.05) is 0 Å². The summed E-state index contributed by atoms with van der Waals surface area (Å²) >= 11 is 0. The number of hydrogen-bond donors (Lipinski definition) is 4. The van der Waals surface area contributed by atoms with Crippen molar-refractivity contribution in [2.75, 3.05) is 52.4 Å². The van der Waals surface area contributed by atoms with Gasteiger partial charge in [-0.2, -0.15) is 0 Å². The Balaban J connectivity index is 4.06. The van der Waals surface area contributed by atoms with E-state index in [-0.39, 0.29) is 0 Å². The number of aliphatic hydroxyl groups excluding tert-OH is 2. The summed E-state index contributed by atoms with van der Waals surface area (Å²) < 4.78 is 0. The molecule has 0 bridgehead atoms. The summed E-state index contributed by atoms with van der Waals surface area (Å²) in [5.41, 5.74) is 11.5. The maximum atomic E-state index is 10.3. The third-order valence-electron chi connectivity index (χ3n) is 10.5. The number of aliphatic hydroxyl groups is 2. The molecule has 6 N–H and O–H groups in total. The van der Waals surface area contributed by atoms with Crippen LogP contribution in [0.2, 0.25) is 0 Å². The van der Waals surface area contributed by atoms with E-state index >= 15 is 0 Å². The minimum absolute atomic E-state index is 0.333. The van der Waals surface area contributed by atoms with E-state index in [9.17, 15) is 10.2 Å². The molecule has 0 radical (unpaired) electrons. The fraction of sp³-hybridized carbons (Fsp3) is 0.833. The number of allylic oxidation sites excluding steroid dienone is 8. The third-order valence-corrected chi connectivity index (χ3v) is 10.5. The van der Waals surface area contributed by atoms with E-state index in [1.165, 1.54) is 154 Å². The van der Waals surface area contributed by atoms with Crippen molar-refractivity contribution >= 4 is 0 Å². The van der Waals surface area contributed by atoms with Crippen molar-refractivity contribution in [3.8, 4) is 0 Å². The van der Waals surface area contributed by atoms with Gasteiger partial charge in [0.05, 0.1) is 12.2 Å². The predicted octanol–water partition coefficient (Wildman–Crippen LogP) is 11.4. The summed E-state index contributed by atoms with van der Waals surface area (Å²) in [6.07, 6.45) is 53.0. The Bertz CT molecular complexity index is 777. The first kappa shape index (κ1) is 52.7. The Morgan fingerprint density at radius 3 is 0.907 bits per heavy atom. The van der Waals surface area contributed by atoms with E-state index < -0.39 is 12.2 Å². The van der Waals surface area contributed by atoms with Crippen LogP contribution in [0.25, 0.3) is 0 Å². The Kier molecular flexibility index (Phi) is 43.4. The largest absolute Gasteiger partial charge is 0.390 e. The molecular weight excluding hydrogens is 665 g/mol. The van der Waals surface area contributed by atoms with Crippen LogP contribution in [-0.2, 0) is 0 Å². The van der Waals surface area contributed by atoms with Gasteiger partial charge in [0.25, 0.3) is 0 Å². The van der Waals surface area contributed by atoms with Crippen LogP contribution in [0.3, 0.4) is 0 Å². The van der Waals surface area contributed by atoms with Crippen LogP contribution in [0.4, 0.5) is 0 Å². The highest BCUT2D eigenvalue weighted by molar-refractivity contribution is 4.93. The summed E-state index contributed by atoms with van der Waals surface area (Å²) in [7, 11) is 0. The first-order valence-electron chi connectivity index (χ1n) is 23.4. The van der Waals surface area contributed by atoms with Crippen molar-refractivity contribution in [1.29, 1.82) is 0 Å². The van der Waals surface area contributed by atoms with Crippen molar-refractivity contribution in [2.45, 2.75) is 206 Å². The molecule has 0 saturated carbocycles. The molecule has 6 heteroatoms. The summed E-state index contributed by atoms with van der Waals surface area (Å²) in [5, 5.41) is 20.5. The van der Waals surface area contributed by atoms with Gasteiger partial charge in [-0.3, -0.25) is 0 Å². The number of unbranched alkanes of at least 4 members (excludes halogenated alkanes) is 21. The van der Waals surface area contributed by atoms with E-state index in [1.54, 1.807) is 0 Å². The summed E-state index contributed by atoms with van der Waals surface area (Å²) in [6.45, 7) is 10.8. The topological polar surface area (TPSA) is 99.0 Å². The molecule has 0 aromatic carbocycles. The highest BCUT2D eigenvalue weighted by atomic mass is 16.3. The van der Waals surface area contributed by atoms with Crippen molar-refractivity contribution in [3.63, 3.8) is 0 Å². The molecule has 0 fully saturated rings. The van der Waals surface area contributed by atoms with Gasteiger partial charge < -0.3 is 31.5 Å². The molecule has 2 unspecified atom stereocenters. The van der Waals surface area contributed by atoms with Crippen LogP contribution in [0, 0.1) is 0 Å². The number of hydrogen-bond acceptors (Lipinski definition) is 6. The first-order valence-corrected chi connectivity index (χ1v) is 23.4. The van der Waals surface area contributed by atoms with Gasteiger partial charge in [0.1, 0.15) is 0 Å². The smallest absolute Gasteiger partial charge is 0.0789 e. The summed E-state index contributed by atoms with van der Waals surface area (Å²) in [6, 6.07) is 0. The molecule has 0 rings (SSSR count). The molecule has 0 amide bonds. The van der Waals surface area contributed by atoms with Crippen LogP contribution >= 0.6 is 0 Å². The van der Waals surface area contributed by atoms with Gasteiger partial charge in [-0.1, -0.05) is 152 Å². The van der Waals surface area contributed by atoms with Gasteiger partial charge in [0.15, 0.2) is 0 Å². The van der Waals surface area contributed by atoms with Crippen LogP contribution in [0.5, 0.6) is 0 Å². The van der Waals surface area contributed by atoms with Crippen molar-refractivity contribution in [1.82, 2.24) is 9.80 Å². The molecular formula is C48H94N4O2. The average molecular weight is 759 g/mol. The zero-order valence-electron chi connectivity index (χ0n) is 36.2. The Labute approximate surface area is 337 Å². The first-order chi connectivity index (χ1) is 26.6. The molecule has 0 aliphatic heterocycles. The zero-order chi connectivity index (χ0) is 39.4. The predicted molar refractivity (Wildman–Crippen MR) is 240 cm³/mol. The molecule has 0 heterocycles. The van der Waals surface area contributed by atoms with Crippen LogP contribution in [-0.4, -0.2) is 84.6 Å². The molecule has 2 atom stereocenters. The van der Waals surface area contributed by atoms with E-state index in [2.05, 4.69) is 72.3 Å². The number of rotatable bonds is 43. The van der Waals surface area contributed by atoms with Gasteiger partial charge >= 0.3 is 0 Å². The minimum Gasteiger partial charge on any atom is -0.390 e. The van der Waals surface area contributed by atoms with Gasteiger partial charge in [-0.05, 0) is 116 Å². The minimum atomic E-state index is -0.434. The average Bonchev–Trinajstić information content (AvgIpc) is 3.18. The standard InChI is InChI=1S/C48H94N4O2/c1-3-5-7-9-11-13-15-17-19-21-23-25-27-29-31-35-39-51(45-47(53)43-49)41-37-33-34-38-42-52(46-48(54)44-50)40-36-32-30-28-26-24-22-20-18-16-14-12-10-8-6-4-2/h11-14,17-20,47-48,53-54H,3-10,15-16,21-46,49-50H2,1-2H3/b13-11-,14-12?,19-17+,20-18+. The number of nitrogens with zero attached hydrogens (tertiary/aromatic N) is 2. The Morgan fingerprint density at radius 1 is 0.370 bits per heavy atom. The fourth-order valence-electron chi connectivity index (χ4n) is 7.01. The Hall–Kier alpha value is -1.28. The van der Waals surface area contributed by atoms with Crippen molar-refractivity contribution in [3.05, 3.63) is 48.6 Å². The quantitative estimate of drug-likeness (QED) is 0.0365. The lowest BCUT2D eigenvalue weighted by atomic mass is 10.1. The Morgan fingerprint density at radius 2 is 0.630 bits per heavy atom. The van der Waals surface area contributed by atoms with Gasteiger partial charge in [0.2, 0.25) is 0 Å². The highest BCUT2D eigenvalue weighted by Gasteiger charge is 2.12. The SMILES string of the molecule is CCCCCC=CC/C=C/CCCCCCCCN(CCCCCCN(CCCCCCCC/C=C/C/C=C\CCCCC)CC(O)CN)CC(O)CN. The lowest BCUT2D eigenvalue weighted by Crippen LogP contribution is -2.38. The lowest BCUT2D eigenvalue weighted by molar-refractivity contribution is 0.113. The second kappa shape index (κ2) is 44.4. The van der Waals surface area contributed by atoms with Crippen molar-refractivity contribution < 1.29 is 10.2 Å². The molecule has 54 heavy (non-hydrogen) atoms. The monoisotopic (exact) mass is 759 g/mol. The second-order valence-corrected chi connectivity index (χ2v) is 16.0. The number of nitrogens with two attached hydrogens (primary N) is 2. The normalized spacial score (nSPS) is 13.7. The van der Waals surface area contributed by atoms with Crippen LogP contribution < -0.4 is 11.5 Å². The molecule has 0 spiro atoms. The molecule has 0 saturated heterocycles. The maximum absolute atomic E-state index is 10.3. The molecule has 6 nitrogen and oxygen atoms in total. The van der Waals surface area contributed by atoms with E-state index in [0.717, 1.165) is 51.9 Å². The molecule has 0 aromatic rings. The fourth-order valence-corrected chi connectivity index (χ4v) is 7.01. The molecule has 0 aliphatic carbocycles. The third kappa shape index (κ3) is 40.4. The second-order valence-electron chi connectivity index (χ2n) is 16.0. The van der Waals surface area contributed by atoms with Gasteiger partial charge in [-0.15, -0.1) is 0 Å². The van der Waals surface area contributed by atoms with Crippen LogP contribution in [0.15, 0.2) is 48.6 Å². The molecule has 0 aliphatic rings. The van der Waals surface area contributed by atoms with E-state index in [4.69, 9.17) is 11.5 Å².